The van der Waals surface area contributed by atoms with E-state index in [1.54, 1.807) is 0 Å². The van der Waals surface area contributed by atoms with Gasteiger partial charge >= 0.3 is 0 Å². The number of fused-ring (bicyclic) bond motifs is 2. The Hall–Kier alpha value is -7.28. The van der Waals surface area contributed by atoms with Gasteiger partial charge in [0, 0.05) is 131 Å². The standard InChI is InChI=1S/C19H32N2.2C19H29NO2.3C16H28N2O/c1-18(2,3)11-15-9-10-21(14-15)17-8-7-16(20-13-17)12-19(4,5)6;2*1-13(12-20-19(5,6)7)21-15-8-9-16-14(10-15)11-17(22-16)18(2,3)4;2*1-12(11-18-16(5,6)7)19-14-10-13(8-9-17-14)15(2,3)4;1-15(2,3)11-13-7-8-14(12-17-13)19-10-9-18-16(4,5)6/h7-8,13,15H,9-12,14H2,1-6H3;2*8-11,13,20H,12H2,1-7H3;2*8-10,12,18H,11H2,1-7H3;7-8,12,18H,9-11H2,1-6H3/t15-;2*13-;2*12-;/m01010./s1. The van der Waals surface area contributed by atoms with Crippen LogP contribution in [0.25, 0.3) is 21.9 Å². The average Bonchev–Trinajstić information content (AvgIpc) is 1.66. The second kappa shape index (κ2) is 45.2. The van der Waals surface area contributed by atoms with Gasteiger partial charge in [-0.25, -0.2) is 9.97 Å². The molecule has 17 heteroatoms. The summed E-state index contributed by atoms with van der Waals surface area (Å²) in [6.07, 6.45) is 12.6. The van der Waals surface area contributed by atoms with Crippen LogP contribution in [0.4, 0.5) is 5.69 Å². The summed E-state index contributed by atoms with van der Waals surface area (Å²) in [7, 11) is 0. The quantitative estimate of drug-likeness (QED) is 0.0359. The third kappa shape index (κ3) is 46.1. The number of furan rings is 2. The number of benzene rings is 2. The molecule has 5 atom stereocenters. The molecule has 7 heterocycles. The summed E-state index contributed by atoms with van der Waals surface area (Å²) in [6, 6.07) is 33.0. The lowest BCUT2D eigenvalue weighted by molar-refractivity contribution is 0.195. The summed E-state index contributed by atoms with van der Waals surface area (Å²) >= 11 is 0. The van der Waals surface area contributed by atoms with E-state index in [2.05, 4.69) is 377 Å². The van der Waals surface area contributed by atoms with Gasteiger partial charge in [0.05, 0.1) is 18.1 Å². The van der Waals surface area contributed by atoms with Crippen LogP contribution >= 0.6 is 0 Å². The van der Waals surface area contributed by atoms with Crippen LogP contribution in [0.2, 0.25) is 0 Å². The minimum atomic E-state index is 0.0178. The largest absolute Gasteiger partial charge is 0.491 e. The van der Waals surface area contributed by atoms with Crippen molar-refractivity contribution < 1.29 is 32.5 Å². The van der Waals surface area contributed by atoms with Crippen molar-refractivity contribution in [3.63, 3.8) is 0 Å². The van der Waals surface area contributed by atoms with E-state index in [0.717, 1.165) is 108 Å². The number of anilines is 1. The van der Waals surface area contributed by atoms with Crippen molar-refractivity contribution in [2.75, 3.05) is 57.3 Å². The Morgan fingerprint density at radius 1 is 0.377 bits per heavy atom. The van der Waals surface area contributed by atoms with Crippen molar-refractivity contribution in [3.05, 3.63) is 156 Å². The zero-order valence-corrected chi connectivity index (χ0v) is 84.5. The van der Waals surface area contributed by atoms with Gasteiger partial charge in [-0.3, -0.25) is 9.97 Å². The van der Waals surface area contributed by atoms with Crippen LogP contribution in [0.5, 0.6) is 29.0 Å². The third-order valence-electron chi connectivity index (χ3n) is 19.3. The van der Waals surface area contributed by atoms with Crippen LogP contribution in [0.15, 0.2) is 131 Å². The summed E-state index contributed by atoms with van der Waals surface area (Å²) in [5.41, 5.74) is 9.79. The predicted molar refractivity (Wildman–Crippen MR) is 520 cm³/mol. The first-order valence-electron chi connectivity index (χ1n) is 45.2. The fourth-order valence-electron chi connectivity index (χ4n) is 12.7. The number of hydrogen-bond acceptors (Lipinski definition) is 17. The fourth-order valence-corrected chi connectivity index (χ4v) is 12.7. The highest BCUT2D eigenvalue weighted by Gasteiger charge is 2.29. The minimum Gasteiger partial charge on any atom is -0.491 e. The predicted octanol–water partition coefficient (Wildman–Crippen LogP) is 25.2. The molecular formula is C105H174N10O7. The Labute approximate surface area is 743 Å². The molecule has 0 saturated carbocycles. The molecule has 0 bridgehead atoms. The van der Waals surface area contributed by atoms with Gasteiger partial charge in [-0.2, -0.15) is 0 Å². The molecule has 1 fully saturated rings. The lowest BCUT2D eigenvalue weighted by atomic mass is 9.84. The maximum Gasteiger partial charge on any atom is 0.213 e. The summed E-state index contributed by atoms with van der Waals surface area (Å²) in [5.74, 6) is 6.86. The molecule has 8 aromatic rings. The van der Waals surface area contributed by atoms with Gasteiger partial charge in [-0.05, 0) is 286 Å². The van der Waals surface area contributed by atoms with E-state index in [1.165, 1.54) is 48.4 Å². The van der Waals surface area contributed by atoms with Crippen molar-refractivity contribution in [1.29, 1.82) is 0 Å². The summed E-state index contributed by atoms with van der Waals surface area (Å²) < 4.78 is 41.3. The van der Waals surface area contributed by atoms with E-state index in [4.69, 9.17) is 32.5 Å². The van der Waals surface area contributed by atoms with E-state index in [-0.39, 0.29) is 79.2 Å². The molecule has 1 saturated heterocycles. The number of aromatic nitrogens is 4. The molecule has 122 heavy (non-hydrogen) atoms. The van der Waals surface area contributed by atoms with E-state index in [0.29, 0.717) is 29.2 Å². The molecule has 0 aliphatic carbocycles. The molecule has 0 spiro atoms. The first-order valence-corrected chi connectivity index (χ1v) is 45.2. The molecule has 2 aromatic carbocycles. The van der Waals surface area contributed by atoms with Crippen molar-refractivity contribution in [2.45, 2.75) is 376 Å². The smallest absolute Gasteiger partial charge is 0.213 e. The monoisotopic (exact) mass is 1690 g/mol. The van der Waals surface area contributed by atoms with Gasteiger partial charge in [0.2, 0.25) is 11.8 Å². The van der Waals surface area contributed by atoms with Gasteiger partial charge in [-0.15, -0.1) is 0 Å². The third-order valence-corrected chi connectivity index (χ3v) is 19.3. The van der Waals surface area contributed by atoms with Crippen LogP contribution in [0.3, 0.4) is 0 Å². The molecule has 6 aromatic heterocycles. The lowest BCUT2D eigenvalue weighted by Crippen LogP contribution is -2.41. The van der Waals surface area contributed by atoms with Crippen molar-refractivity contribution in [3.8, 4) is 29.0 Å². The fraction of sp³-hybridized carbons (Fsp3) is 0.657. The Kier molecular flexibility index (Phi) is 39.7. The normalized spacial score (nSPS) is 15.0. The molecular weight excluding hydrogens is 1510 g/mol. The van der Waals surface area contributed by atoms with Gasteiger partial charge in [0.1, 0.15) is 71.0 Å². The summed E-state index contributed by atoms with van der Waals surface area (Å²) in [6.45, 7) is 94.3. The zero-order valence-electron chi connectivity index (χ0n) is 84.5. The number of pyridine rings is 4. The van der Waals surface area contributed by atoms with Crippen LogP contribution in [-0.2, 0) is 34.5 Å². The van der Waals surface area contributed by atoms with Crippen LogP contribution in [0.1, 0.15) is 324 Å². The van der Waals surface area contributed by atoms with Crippen molar-refractivity contribution in [1.82, 2.24) is 46.5 Å². The molecule has 0 radical (unpaired) electrons. The first kappa shape index (κ1) is 107. The molecule has 1 aliphatic heterocycles. The molecule has 17 nitrogen and oxygen atoms in total. The second-order valence-electron chi connectivity index (χ2n) is 47.0. The zero-order chi connectivity index (χ0) is 92.6. The number of hydrogen-bond donors (Lipinski definition) is 5. The van der Waals surface area contributed by atoms with E-state index < -0.39 is 0 Å². The number of nitrogens with one attached hydrogen (secondary N) is 5. The van der Waals surface area contributed by atoms with Gasteiger partial charge in [0.15, 0.2) is 0 Å². The first-order chi connectivity index (χ1) is 55.5. The molecule has 1 aliphatic rings. The van der Waals surface area contributed by atoms with E-state index >= 15 is 0 Å². The molecule has 0 amide bonds. The highest BCUT2D eigenvalue weighted by molar-refractivity contribution is 5.80. The van der Waals surface area contributed by atoms with Crippen LogP contribution in [0, 0.1) is 22.2 Å². The van der Waals surface area contributed by atoms with Gasteiger partial charge < -0.3 is 64.0 Å². The number of nitrogens with zero attached hydrogens (tertiary/aromatic N) is 5. The average molecular weight is 1690 g/mol. The number of ether oxygens (including phenoxy) is 5. The lowest BCUT2D eigenvalue weighted by Gasteiger charge is -2.24. The second-order valence-corrected chi connectivity index (χ2v) is 47.0. The molecule has 0 unspecified atom stereocenters. The topological polar surface area (TPSA) is 187 Å². The van der Waals surface area contributed by atoms with Gasteiger partial charge in [-0.1, -0.05) is 145 Å². The SMILES string of the molecule is CC(C)(C)Cc1ccc(N2CC[C@@H](CC(C)(C)C)C2)cn1.CC(C)(C)Cc1ccc(OCCNC(C)(C)C)cn1.C[C@@H](CNC(C)(C)C)Oc1cc(C(C)(C)C)ccn1.C[C@@H](CNC(C)(C)C)Oc1ccc2oc(C(C)(C)C)cc2c1.C[C@H](CNC(C)(C)C)Oc1cc(C(C)(C)C)ccn1.C[C@H](CNC(C)(C)C)Oc1ccc2oc(C(C)(C)C)cc2c1. The highest BCUT2D eigenvalue weighted by Crippen LogP contribution is 2.36. The van der Waals surface area contributed by atoms with Crippen molar-refractivity contribution in [2.24, 2.45) is 22.2 Å². The summed E-state index contributed by atoms with van der Waals surface area (Å²) in [4.78, 5) is 20.2. The van der Waals surface area contributed by atoms with Gasteiger partial charge in [0.25, 0.3) is 0 Å². The molecule has 9 rings (SSSR count). The Bertz CT molecular complexity index is 4110. The van der Waals surface area contributed by atoms with Crippen molar-refractivity contribution >= 4 is 27.6 Å². The van der Waals surface area contributed by atoms with E-state index in [1.807, 2.05) is 73.2 Å². The van der Waals surface area contributed by atoms with Crippen LogP contribution < -0.4 is 55.2 Å². The Morgan fingerprint density at radius 3 is 1.06 bits per heavy atom. The Balaban J connectivity index is 0.000000308. The summed E-state index contributed by atoms with van der Waals surface area (Å²) in [5, 5.41) is 19.4. The minimum absolute atomic E-state index is 0.0178. The maximum atomic E-state index is 6.01. The molecule has 5 N–H and O–H groups in total. The highest BCUT2D eigenvalue weighted by atomic mass is 16.5. The molecule has 686 valence electrons. The maximum absolute atomic E-state index is 6.01. The van der Waals surface area contributed by atoms with E-state index in [9.17, 15) is 0 Å². The Morgan fingerprint density at radius 2 is 0.738 bits per heavy atom. The van der Waals surface area contributed by atoms with Crippen LogP contribution in [-0.4, -0.2) is 124 Å². The number of rotatable bonds is 24.